The van der Waals surface area contributed by atoms with E-state index in [1.54, 1.807) is 5.70 Å². The largest absolute Gasteiger partial charge is 0.447 e. The SMILES string of the molecule is [CH+]=C[Si](C)(C)O[Si](C)(C)C=C. The summed E-state index contributed by atoms with van der Waals surface area (Å²) >= 11 is 0. The van der Waals surface area contributed by atoms with Crippen molar-refractivity contribution in [2.24, 2.45) is 0 Å². The van der Waals surface area contributed by atoms with Crippen LogP contribution in [0, 0.1) is 6.58 Å². The molecule has 0 heterocycles. The van der Waals surface area contributed by atoms with E-state index < -0.39 is 16.6 Å². The monoisotopic (exact) mass is 185 g/mol. The quantitative estimate of drug-likeness (QED) is 0.483. The lowest BCUT2D eigenvalue weighted by Crippen LogP contribution is -2.41. The molecular weight excluding hydrogens is 168 g/mol. The number of hydrogen-bond donors (Lipinski definition) is 0. The Balaban J connectivity index is 4.23. The summed E-state index contributed by atoms with van der Waals surface area (Å²) in [5.41, 5.74) is 3.65. The molecule has 0 atom stereocenters. The molecule has 0 bridgehead atoms. The second-order valence-electron chi connectivity index (χ2n) is 3.68. The van der Waals surface area contributed by atoms with Crippen molar-refractivity contribution >= 4 is 16.6 Å². The Bertz CT molecular complexity index is 143. The van der Waals surface area contributed by atoms with E-state index in [0.717, 1.165) is 0 Å². The summed E-state index contributed by atoms with van der Waals surface area (Å²) < 4.78 is 5.90. The van der Waals surface area contributed by atoms with Crippen LogP contribution >= 0.6 is 0 Å². The molecule has 0 saturated carbocycles. The fourth-order valence-electron chi connectivity index (χ4n) is 0.754. The van der Waals surface area contributed by atoms with Crippen LogP contribution in [0.25, 0.3) is 0 Å². The molecule has 0 saturated heterocycles. The van der Waals surface area contributed by atoms with E-state index in [1.807, 2.05) is 5.70 Å². The third-order valence-electron chi connectivity index (χ3n) is 1.42. The molecule has 11 heavy (non-hydrogen) atoms. The van der Waals surface area contributed by atoms with E-state index in [1.165, 1.54) is 0 Å². The van der Waals surface area contributed by atoms with E-state index in [4.69, 9.17) is 10.7 Å². The van der Waals surface area contributed by atoms with Gasteiger partial charge in [-0.05, 0) is 26.2 Å². The van der Waals surface area contributed by atoms with Crippen LogP contribution in [-0.2, 0) is 4.12 Å². The third-order valence-corrected chi connectivity index (χ3v) is 7.41. The fourth-order valence-corrected chi connectivity index (χ4v) is 6.78. The summed E-state index contributed by atoms with van der Waals surface area (Å²) in [5.74, 6) is 0. The highest BCUT2D eigenvalue weighted by molar-refractivity contribution is 6.89. The maximum Gasteiger partial charge on any atom is 0.260 e. The van der Waals surface area contributed by atoms with E-state index >= 15 is 0 Å². The molecule has 0 fully saturated rings. The first kappa shape index (κ1) is 10.8. The topological polar surface area (TPSA) is 9.23 Å². The molecule has 0 radical (unpaired) electrons. The van der Waals surface area contributed by atoms with Gasteiger partial charge in [0.15, 0.2) is 20.6 Å². The van der Waals surface area contributed by atoms with Crippen molar-refractivity contribution in [1.82, 2.24) is 0 Å². The molecule has 0 N–H and O–H groups in total. The highest BCUT2D eigenvalue weighted by Crippen LogP contribution is 2.15. The van der Waals surface area contributed by atoms with Gasteiger partial charge < -0.3 is 4.12 Å². The van der Waals surface area contributed by atoms with Gasteiger partial charge in [-0.1, -0.05) is 5.70 Å². The van der Waals surface area contributed by atoms with Crippen LogP contribution in [0.3, 0.4) is 0 Å². The lowest BCUT2D eigenvalue weighted by atomic mass is 11.3. The normalized spacial score (nSPS) is 12.6. The minimum atomic E-state index is -1.69. The first-order valence-corrected chi connectivity index (χ1v) is 9.70. The Hall–Kier alpha value is -0.216. The van der Waals surface area contributed by atoms with Crippen molar-refractivity contribution in [2.75, 3.05) is 0 Å². The molecule has 0 aromatic heterocycles. The van der Waals surface area contributed by atoms with Crippen molar-refractivity contribution in [3.05, 3.63) is 24.6 Å². The molecule has 0 aromatic rings. The smallest absolute Gasteiger partial charge is 0.260 e. The second-order valence-corrected chi connectivity index (χ2v) is 11.7. The van der Waals surface area contributed by atoms with Crippen molar-refractivity contribution in [2.45, 2.75) is 26.2 Å². The van der Waals surface area contributed by atoms with Gasteiger partial charge >= 0.3 is 0 Å². The van der Waals surface area contributed by atoms with E-state index in [-0.39, 0.29) is 0 Å². The first-order chi connectivity index (χ1) is 4.83. The van der Waals surface area contributed by atoms with Crippen molar-refractivity contribution in [3.63, 3.8) is 0 Å². The Morgan fingerprint density at radius 2 is 1.64 bits per heavy atom. The molecule has 0 aromatic carbocycles. The fraction of sp³-hybridized carbons (Fsp3) is 0.500. The second kappa shape index (κ2) is 3.45. The maximum absolute atomic E-state index is 5.90. The highest BCUT2D eigenvalue weighted by Gasteiger charge is 2.31. The van der Waals surface area contributed by atoms with Crippen LogP contribution in [0.2, 0.25) is 26.2 Å². The summed E-state index contributed by atoms with van der Waals surface area (Å²) in [6.45, 7) is 17.6. The van der Waals surface area contributed by atoms with Gasteiger partial charge in [-0.3, -0.25) is 0 Å². The van der Waals surface area contributed by atoms with Crippen molar-refractivity contribution in [3.8, 4) is 0 Å². The van der Waals surface area contributed by atoms with Gasteiger partial charge in [0.05, 0.1) is 0 Å². The van der Waals surface area contributed by atoms with Gasteiger partial charge in [0.2, 0.25) is 0 Å². The minimum absolute atomic E-state index is 1.62. The molecule has 0 aliphatic heterocycles. The van der Waals surface area contributed by atoms with Gasteiger partial charge in [-0.2, -0.15) is 0 Å². The van der Waals surface area contributed by atoms with Gasteiger partial charge in [-0.25, -0.2) is 0 Å². The van der Waals surface area contributed by atoms with E-state index in [2.05, 4.69) is 32.8 Å². The average molecular weight is 185 g/mol. The van der Waals surface area contributed by atoms with Crippen molar-refractivity contribution in [1.29, 1.82) is 0 Å². The van der Waals surface area contributed by atoms with Crippen LogP contribution in [0.1, 0.15) is 0 Å². The van der Waals surface area contributed by atoms with Gasteiger partial charge in [-0.15, -0.1) is 6.58 Å². The lowest BCUT2D eigenvalue weighted by Gasteiger charge is -2.26. The molecule has 0 rings (SSSR count). The third kappa shape index (κ3) is 4.27. The molecule has 1 nitrogen and oxygen atoms in total. The van der Waals surface area contributed by atoms with Crippen LogP contribution < -0.4 is 0 Å². The average Bonchev–Trinajstić information content (AvgIpc) is 1.86. The van der Waals surface area contributed by atoms with Gasteiger partial charge in [0.25, 0.3) is 8.32 Å². The molecule has 3 heteroatoms. The van der Waals surface area contributed by atoms with Gasteiger partial charge in [0.1, 0.15) is 0 Å². The first-order valence-electron chi connectivity index (χ1n) is 3.73. The zero-order valence-corrected chi connectivity index (χ0v) is 9.85. The molecule has 0 aliphatic rings. The van der Waals surface area contributed by atoms with Crippen LogP contribution in [-0.4, -0.2) is 16.6 Å². The maximum atomic E-state index is 5.90. The number of rotatable bonds is 4. The summed E-state index contributed by atoms with van der Waals surface area (Å²) in [4.78, 5) is 0. The summed E-state index contributed by atoms with van der Waals surface area (Å²) in [6, 6.07) is 0. The molecular formula is C8H17OSi2+. The van der Waals surface area contributed by atoms with Crippen molar-refractivity contribution < 1.29 is 4.12 Å². The predicted octanol–water partition coefficient (Wildman–Crippen LogP) is 2.67. The van der Waals surface area contributed by atoms with E-state index in [0.29, 0.717) is 0 Å². The Morgan fingerprint density at radius 3 is 1.91 bits per heavy atom. The summed E-state index contributed by atoms with van der Waals surface area (Å²) in [6.07, 6.45) is 0. The summed E-state index contributed by atoms with van der Waals surface area (Å²) in [7, 11) is -3.31. The molecule has 0 amide bonds. The van der Waals surface area contributed by atoms with Crippen LogP contribution in [0.4, 0.5) is 0 Å². The molecule has 62 valence electrons. The highest BCUT2D eigenvalue weighted by atomic mass is 28.4. The Morgan fingerprint density at radius 1 is 1.18 bits per heavy atom. The zero-order valence-electron chi connectivity index (χ0n) is 7.85. The van der Waals surface area contributed by atoms with Crippen LogP contribution in [0.5, 0.6) is 0 Å². The van der Waals surface area contributed by atoms with Crippen LogP contribution in [0.15, 0.2) is 18.0 Å². The molecule has 0 unspecified atom stereocenters. The predicted molar refractivity (Wildman–Crippen MR) is 55.1 cm³/mol. The van der Waals surface area contributed by atoms with E-state index in [9.17, 15) is 0 Å². The Kier molecular flexibility index (Phi) is 3.39. The number of hydrogen-bond acceptors (Lipinski definition) is 1. The standard InChI is InChI=1S/C8H17OSi2/c1-7-10(3,4)9-11(5,6)8-2/h1,7-8H,2H2,3-6H3/q+1. The summed E-state index contributed by atoms with van der Waals surface area (Å²) in [5, 5.41) is 0. The molecule has 0 spiro atoms. The van der Waals surface area contributed by atoms with Gasteiger partial charge in [0, 0.05) is 0 Å². The molecule has 0 aliphatic carbocycles. The Labute approximate surface area is 72.0 Å². The minimum Gasteiger partial charge on any atom is -0.447 e. The zero-order chi connectivity index (χ0) is 9.12. The lowest BCUT2D eigenvalue weighted by molar-refractivity contribution is 0.571.